The van der Waals surface area contributed by atoms with E-state index in [0.717, 1.165) is 17.1 Å². The third-order valence-electron chi connectivity index (χ3n) is 3.94. The number of aromatic nitrogens is 3. The largest absolute Gasteiger partial charge is 0.497 e. The van der Waals surface area contributed by atoms with Crippen LogP contribution in [0.5, 0.6) is 5.75 Å². The highest BCUT2D eigenvalue weighted by molar-refractivity contribution is 8.00. The van der Waals surface area contributed by atoms with Crippen LogP contribution in [0.1, 0.15) is 17.4 Å². The van der Waals surface area contributed by atoms with Crippen LogP contribution in [0.4, 0.5) is 0 Å². The Kier molecular flexibility index (Phi) is 5.44. The molecule has 0 aliphatic carbocycles. The summed E-state index contributed by atoms with van der Waals surface area (Å²) in [5.74, 6) is 1.45. The fourth-order valence-electron chi connectivity index (χ4n) is 2.60. The van der Waals surface area contributed by atoms with Gasteiger partial charge in [0.2, 0.25) is 11.1 Å². The van der Waals surface area contributed by atoms with Gasteiger partial charge >= 0.3 is 0 Å². The fourth-order valence-corrected chi connectivity index (χ4v) is 3.75. The summed E-state index contributed by atoms with van der Waals surface area (Å²) in [6, 6.07) is 7.46. The third-order valence-corrected chi connectivity index (χ3v) is 5.15. The standard InChI is InChI=1S/C16H21N5O3S/c1-10-18-19-16-21(10)20-13(11-4-6-12(24-3)7-5-11)14(25-16)15(22)17-8-9-23-2/h4-7,13-14,20H,8-9H2,1-3H3,(H,17,22)/t13-,14+/m1/s1. The number of methoxy groups -OCH3 is 2. The van der Waals surface area contributed by atoms with Gasteiger partial charge in [-0.2, -0.15) is 0 Å². The van der Waals surface area contributed by atoms with E-state index >= 15 is 0 Å². The zero-order chi connectivity index (χ0) is 17.8. The average Bonchev–Trinajstić information content (AvgIpc) is 3.01. The van der Waals surface area contributed by atoms with Crippen molar-refractivity contribution in [3.63, 3.8) is 0 Å². The summed E-state index contributed by atoms with van der Waals surface area (Å²) in [7, 11) is 3.23. The molecule has 8 nitrogen and oxygen atoms in total. The number of ether oxygens (including phenoxy) is 2. The van der Waals surface area contributed by atoms with Crippen LogP contribution in [0.3, 0.4) is 0 Å². The first-order chi connectivity index (χ1) is 12.1. The average molecular weight is 363 g/mol. The Balaban J connectivity index is 1.87. The fraction of sp³-hybridized carbons (Fsp3) is 0.438. The second kappa shape index (κ2) is 7.75. The first-order valence-corrected chi connectivity index (χ1v) is 8.78. The summed E-state index contributed by atoms with van der Waals surface area (Å²) in [4.78, 5) is 12.7. The molecular weight excluding hydrogens is 342 g/mol. The summed E-state index contributed by atoms with van der Waals surface area (Å²) in [5, 5.41) is 11.4. The van der Waals surface area contributed by atoms with Gasteiger partial charge in [0.15, 0.2) is 0 Å². The monoisotopic (exact) mass is 363 g/mol. The predicted octanol–water partition coefficient (Wildman–Crippen LogP) is 1.12. The molecule has 0 radical (unpaired) electrons. The van der Waals surface area contributed by atoms with Gasteiger partial charge in [-0.1, -0.05) is 23.9 Å². The van der Waals surface area contributed by atoms with Crippen molar-refractivity contribution >= 4 is 17.7 Å². The lowest BCUT2D eigenvalue weighted by Crippen LogP contribution is -2.44. The Labute approximate surface area is 150 Å². The maximum atomic E-state index is 12.7. The highest BCUT2D eigenvalue weighted by Gasteiger charge is 2.37. The van der Waals surface area contributed by atoms with Crippen LogP contribution in [0.2, 0.25) is 0 Å². The normalized spacial score (nSPS) is 19.0. The molecule has 2 aromatic rings. The van der Waals surface area contributed by atoms with Crippen molar-refractivity contribution in [2.45, 2.75) is 23.4 Å². The molecule has 1 aliphatic heterocycles. The third kappa shape index (κ3) is 3.72. The number of nitrogens with zero attached hydrogens (tertiary/aromatic N) is 3. The van der Waals surface area contributed by atoms with Crippen molar-refractivity contribution < 1.29 is 14.3 Å². The molecular formula is C16H21N5O3S. The minimum atomic E-state index is -0.374. The number of hydrogen-bond donors (Lipinski definition) is 2. The summed E-state index contributed by atoms with van der Waals surface area (Å²) in [5.41, 5.74) is 4.34. The summed E-state index contributed by atoms with van der Waals surface area (Å²) in [6.07, 6.45) is 0. The molecule has 2 N–H and O–H groups in total. The number of carbonyl (C=O) groups is 1. The second-order valence-corrected chi connectivity index (χ2v) is 6.68. The van der Waals surface area contributed by atoms with Gasteiger partial charge in [-0.3, -0.25) is 4.79 Å². The van der Waals surface area contributed by atoms with E-state index < -0.39 is 0 Å². The van der Waals surface area contributed by atoms with E-state index in [0.29, 0.717) is 18.3 Å². The van der Waals surface area contributed by atoms with E-state index in [-0.39, 0.29) is 17.2 Å². The van der Waals surface area contributed by atoms with Crippen LogP contribution < -0.4 is 15.5 Å². The molecule has 0 bridgehead atoms. The summed E-state index contributed by atoms with van der Waals surface area (Å²) in [6.45, 7) is 2.81. The molecule has 1 aliphatic rings. The van der Waals surface area contributed by atoms with Gasteiger partial charge in [-0.05, 0) is 24.6 Å². The number of hydrogen-bond acceptors (Lipinski definition) is 7. The van der Waals surface area contributed by atoms with E-state index in [1.165, 1.54) is 11.8 Å². The van der Waals surface area contributed by atoms with Crippen LogP contribution in [-0.4, -0.2) is 53.4 Å². The van der Waals surface area contributed by atoms with Crippen molar-refractivity contribution in [1.82, 2.24) is 20.2 Å². The van der Waals surface area contributed by atoms with Gasteiger partial charge in [0.05, 0.1) is 19.8 Å². The van der Waals surface area contributed by atoms with E-state index in [2.05, 4.69) is 20.9 Å². The number of nitrogens with one attached hydrogen (secondary N) is 2. The Hall–Kier alpha value is -2.26. The number of thioether (sulfide) groups is 1. The molecule has 1 aromatic heterocycles. The van der Waals surface area contributed by atoms with Gasteiger partial charge in [0.1, 0.15) is 16.8 Å². The topological polar surface area (TPSA) is 90.3 Å². The van der Waals surface area contributed by atoms with E-state index in [4.69, 9.17) is 9.47 Å². The van der Waals surface area contributed by atoms with Crippen molar-refractivity contribution in [3.8, 4) is 5.75 Å². The van der Waals surface area contributed by atoms with Gasteiger partial charge in [0, 0.05) is 13.7 Å². The molecule has 0 unspecified atom stereocenters. The molecule has 0 saturated carbocycles. The lowest BCUT2D eigenvalue weighted by molar-refractivity contribution is -0.121. The van der Waals surface area contributed by atoms with E-state index in [1.54, 1.807) is 14.2 Å². The zero-order valence-electron chi connectivity index (χ0n) is 14.4. The van der Waals surface area contributed by atoms with Crippen LogP contribution in [0, 0.1) is 6.92 Å². The quantitative estimate of drug-likeness (QED) is 0.743. The molecule has 0 saturated heterocycles. The van der Waals surface area contributed by atoms with Gasteiger partial charge < -0.3 is 20.2 Å². The molecule has 1 amide bonds. The maximum Gasteiger partial charge on any atom is 0.236 e. The molecule has 2 atom stereocenters. The Morgan fingerprint density at radius 3 is 2.76 bits per heavy atom. The Morgan fingerprint density at radius 2 is 2.08 bits per heavy atom. The molecule has 25 heavy (non-hydrogen) atoms. The molecule has 0 fully saturated rings. The van der Waals surface area contributed by atoms with Crippen LogP contribution >= 0.6 is 11.8 Å². The van der Waals surface area contributed by atoms with Crippen molar-refractivity contribution in [2.75, 3.05) is 32.8 Å². The Morgan fingerprint density at radius 1 is 1.32 bits per heavy atom. The minimum Gasteiger partial charge on any atom is -0.497 e. The number of carbonyl (C=O) groups excluding carboxylic acids is 1. The number of benzene rings is 1. The number of aryl methyl sites for hydroxylation is 1. The highest BCUT2D eigenvalue weighted by atomic mass is 32.2. The maximum absolute atomic E-state index is 12.7. The van der Waals surface area contributed by atoms with Gasteiger partial charge in [-0.15, -0.1) is 10.2 Å². The second-order valence-electron chi connectivity index (χ2n) is 5.57. The molecule has 3 rings (SSSR count). The van der Waals surface area contributed by atoms with E-state index in [1.807, 2.05) is 35.9 Å². The van der Waals surface area contributed by atoms with Crippen molar-refractivity contribution in [2.24, 2.45) is 0 Å². The van der Waals surface area contributed by atoms with Crippen molar-refractivity contribution in [3.05, 3.63) is 35.7 Å². The molecule has 9 heteroatoms. The van der Waals surface area contributed by atoms with Crippen LogP contribution in [-0.2, 0) is 9.53 Å². The Bertz CT molecular complexity index is 734. The predicted molar refractivity (Wildman–Crippen MR) is 94.4 cm³/mol. The van der Waals surface area contributed by atoms with Gasteiger partial charge in [0.25, 0.3) is 0 Å². The highest BCUT2D eigenvalue weighted by Crippen LogP contribution is 2.37. The first-order valence-electron chi connectivity index (χ1n) is 7.90. The molecule has 2 heterocycles. The van der Waals surface area contributed by atoms with Crippen LogP contribution in [0.15, 0.2) is 29.4 Å². The summed E-state index contributed by atoms with van der Waals surface area (Å²) < 4.78 is 12.0. The lowest BCUT2D eigenvalue weighted by Gasteiger charge is -2.32. The molecule has 134 valence electrons. The smallest absolute Gasteiger partial charge is 0.236 e. The van der Waals surface area contributed by atoms with Crippen LogP contribution in [0.25, 0.3) is 0 Å². The minimum absolute atomic E-state index is 0.0673. The van der Waals surface area contributed by atoms with E-state index in [9.17, 15) is 4.79 Å². The number of rotatable bonds is 6. The van der Waals surface area contributed by atoms with Gasteiger partial charge in [-0.25, -0.2) is 4.68 Å². The number of fused-ring (bicyclic) bond motifs is 1. The molecule has 1 aromatic carbocycles. The first kappa shape index (κ1) is 17.6. The zero-order valence-corrected chi connectivity index (χ0v) is 15.2. The van der Waals surface area contributed by atoms with Crippen molar-refractivity contribution in [1.29, 1.82) is 0 Å². The molecule has 0 spiro atoms. The number of amides is 1. The lowest BCUT2D eigenvalue weighted by atomic mass is 10.0. The summed E-state index contributed by atoms with van der Waals surface area (Å²) >= 11 is 1.40. The SMILES string of the molecule is COCCNC(=O)[C@H]1Sc2nnc(C)n2N[C@@H]1c1ccc(OC)cc1.